The molecule has 1 heterocycles. The van der Waals surface area contributed by atoms with Gasteiger partial charge in [0.05, 0.1) is 0 Å². The van der Waals surface area contributed by atoms with Gasteiger partial charge in [0.2, 0.25) is 5.56 Å². The molecule has 0 amide bonds. The Morgan fingerprint density at radius 1 is 1.06 bits per heavy atom. The molecule has 2 rings (SSSR count). The Bertz CT molecular complexity index is 560. The molecule has 1 aromatic heterocycles. The third kappa shape index (κ3) is 3.17. The van der Waals surface area contributed by atoms with Gasteiger partial charge >= 0.3 is 0 Å². The van der Waals surface area contributed by atoms with Crippen LogP contribution in [0.1, 0.15) is 11.1 Å². The Hall–Kier alpha value is -2.10. The van der Waals surface area contributed by atoms with Crippen LogP contribution in [0, 0.1) is 5.82 Å². The number of rotatable bonds is 3. The van der Waals surface area contributed by atoms with E-state index in [9.17, 15) is 9.18 Å². The van der Waals surface area contributed by atoms with Crippen LogP contribution in [-0.2, 0) is 12.8 Å². The predicted octanol–water partition coefficient (Wildman–Crippen LogP) is 1.88. The fourth-order valence-electron chi connectivity index (χ4n) is 1.71. The number of H-pyrrole nitrogens is 1. The minimum absolute atomic E-state index is 0.195. The van der Waals surface area contributed by atoms with Crippen molar-refractivity contribution in [3.63, 3.8) is 0 Å². The summed E-state index contributed by atoms with van der Waals surface area (Å²) in [6, 6.07) is 9.62. The Morgan fingerprint density at radius 3 is 2.35 bits per heavy atom. The van der Waals surface area contributed by atoms with E-state index in [1.54, 1.807) is 18.2 Å². The van der Waals surface area contributed by atoms with Crippen LogP contribution in [-0.4, -0.2) is 4.98 Å². The van der Waals surface area contributed by atoms with Gasteiger partial charge in [0.25, 0.3) is 0 Å². The van der Waals surface area contributed by atoms with Crippen molar-refractivity contribution in [3.8, 4) is 0 Å². The van der Waals surface area contributed by atoms with Crippen molar-refractivity contribution < 1.29 is 4.39 Å². The number of nitrogen functional groups attached to an aromatic ring is 1. The summed E-state index contributed by atoms with van der Waals surface area (Å²) in [6.07, 6.45) is 1.46. The Kier molecular flexibility index (Phi) is 3.23. The molecule has 3 N–H and O–H groups in total. The molecule has 0 atom stereocenters. The van der Waals surface area contributed by atoms with E-state index in [4.69, 9.17) is 5.73 Å². The number of hydrogen-bond acceptors (Lipinski definition) is 2. The van der Waals surface area contributed by atoms with Gasteiger partial charge in [-0.25, -0.2) is 4.39 Å². The zero-order chi connectivity index (χ0) is 12.3. The number of aryl methyl sites for hydroxylation is 2. The molecule has 1 aromatic carbocycles. The third-order valence-corrected chi connectivity index (χ3v) is 2.54. The first-order valence-corrected chi connectivity index (χ1v) is 5.36. The number of hydrogen-bond donors (Lipinski definition) is 2. The molecule has 0 aliphatic heterocycles. The van der Waals surface area contributed by atoms with Gasteiger partial charge in [0.1, 0.15) is 11.6 Å². The number of aromatic amines is 1. The molecule has 88 valence electrons. The lowest BCUT2D eigenvalue weighted by molar-refractivity contribution is 0.627. The monoisotopic (exact) mass is 232 g/mol. The van der Waals surface area contributed by atoms with Crippen molar-refractivity contribution in [2.75, 3.05) is 5.73 Å². The lowest BCUT2D eigenvalue weighted by Gasteiger charge is -2.03. The summed E-state index contributed by atoms with van der Waals surface area (Å²) < 4.78 is 12.7. The predicted molar refractivity (Wildman–Crippen MR) is 65.3 cm³/mol. The molecule has 0 saturated heterocycles. The fourth-order valence-corrected chi connectivity index (χ4v) is 1.71. The molecule has 0 unspecified atom stereocenters. The van der Waals surface area contributed by atoms with Gasteiger partial charge in [0, 0.05) is 6.07 Å². The van der Waals surface area contributed by atoms with E-state index in [0.717, 1.165) is 17.5 Å². The number of aromatic nitrogens is 1. The van der Waals surface area contributed by atoms with E-state index in [-0.39, 0.29) is 11.4 Å². The molecular formula is C13H13FN2O. The standard InChI is InChI=1S/C13H13FN2O/c14-11-5-3-9(4-6-11)1-2-10-7-12(15)16-13(17)8-10/h3-8H,1-2H2,(H3,15,16,17). The molecule has 17 heavy (non-hydrogen) atoms. The third-order valence-electron chi connectivity index (χ3n) is 2.54. The first-order chi connectivity index (χ1) is 8.13. The number of halogens is 1. The second kappa shape index (κ2) is 4.82. The number of anilines is 1. The van der Waals surface area contributed by atoms with E-state index in [0.29, 0.717) is 12.2 Å². The molecule has 0 radical (unpaired) electrons. The SMILES string of the molecule is Nc1cc(CCc2ccc(F)cc2)cc(=O)[nH]1. The fraction of sp³-hybridized carbons (Fsp3) is 0.154. The van der Waals surface area contributed by atoms with Crippen molar-refractivity contribution in [3.05, 3.63) is 63.7 Å². The molecule has 0 fully saturated rings. The molecule has 0 spiro atoms. The lowest BCUT2D eigenvalue weighted by atomic mass is 10.1. The molecule has 0 aliphatic carbocycles. The average molecular weight is 232 g/mol. The van der Waals surface area contributed by atoms with Crippen LogP contribution in [0.2, 0.25) is 0 Å². The van der Waals surface area contributed by atoms with Gasteiger partial charge in [-0.1, -0.05) is 12.1 Å². The average Bonchev–Trinajstić information content (AvgIpc) is 2.27. The molecule has 0 bridgehead atoms. The zero-order valence-corrected chi connectivity index (χ0v) is 9.24. The minimum Gasteiger partial charge on any atom is -0.385 e. The smallest absolute Gasteiger partial charge is 0.249 e. The summed E-state index contributed by atoms with van der Waals surface area (Å²) in [4.78, 5) is 13.7. The van der Waals surface area contributed by atoms with Crippen LogP contribution >= 0.6 is 0 Å². The maximum absolute atomic E-state index is 12.7. The van der Waals surface area contributed by atoms with Crippen molar-refractivity contribution in [1.82, 2.24) is 4.98 Å². The van der Waals surface area contributed by atoms with Gasteiger partial charge < -0.3 is 10.7 Å². The van der Waals surface area contributed by atoms with E-state index >= 15 is 0 Å². The van der Waals surface area contributed by atoms with Crippen LogP contribution in [0.25, 0.3) is 0 Å². The number of nitrogens with two attached hydrogens (primary N) is 1. The molecule has 2 aromatic rings. The highest BCUT2D eigenvalue weighted by atomic mass is 19.1. The maximum atomic E-state index is 12.7. The topological polar surface area (TPSA) is 58.9 Å². The second-order valence-corrected chi connectivity index (χ2v) is 3.93. The highest BCUT2D eigenvalue weighted by molar-refractivity contribution is 5.32. The summed E-state index contributed by atoms with van der Waals surface area (Å²) >= 11 is 0. The molecule has 4 heteroatoms. The molecule has 0 aliphatic rings. The van der Waals surface area contributed by atoms with Gasteiger partial charge in [-0.2, -0.15) is 0 Å². The van der Waals surface area contributed by atoms with Gasteiger partial charge in [-0.3, -0.25) is 4.79 Å². The lowest BCUT2D eigenvalue weighted by Crippen LogP contribution is -2.09. The summed E-state index contributed by atoms with van der Waals surface area (Å²) in [5.74, 6) is 0.126. The summed E-state index contributed by atoms with van der Waals surface area (Å²) in [5, 5.41) is 0. The highest BCUT2D eigenvalue weighted by Crippen LogP contribution is 2.08. The van der Waals surface area contributed by atoms with Crippen molar-refractivity contribution in [2.45, 2.75) is 12.8 Å². The van der Waals surface area contributed by atoms with E-state index in [1.807, 2.05) is 0 Å². The summed E-state index contributed by atoms with van der Waals surface area (Å²) in [7, 11) is 0. The van der Waals surface area contributed by atoms with Crippen LogP contribution in [0.5, 0.6) is 0 Å². The Balaban J connectivity index is 2.07. The van der Waals surface area contributed by atoms with Crippen LogP contribution < -0.4 is 11.3 Å². The molecule has 0 saturated carbocycles. The van der Waals surface area contributed by atoms with Crippen LogP contribution in [0.4, 0.5) is 10.2 Å². The Morgan fingerprint density at radius 2 is 1.71 bits per heavy atom. The first-order valence-electron chi connectivity index (χ1n) is 5.36. The molecule has 3 nitrogen and oxygen atoms in total. The number of benzene rings is 1. The van der Waals surface area contributed by atoms with Crippen LogP contribution in [0.3, 0.4) is 0 Å². The van der Waals surface area contributed by atoms with Gasteiger partial charge in [-0.05, 0) is 42.2 Å². The quantitative estimate of drug-likeness (QED) is 0.848. The maximum Gasteiger partial charge on any atom is 0.249 e. The zero-order valence-electron chi connectivity index (χ0n) is 9.24. The van der Waals surface area contributed by atoms with Gasteiger partial charge in [-0.15, -0.1) is 0 Å². The van der Waals surface area contributed by atoms with Gasteiger partial charge in [0.15, 0.2) is 0 Å². The first kappa shape index (κ1) is 11.4. The second-order valence-electron chi connectivity index (χ2n) is 3.93. The highest BCUT2D eigenvalue weighted by Gasteiger charge is 1.99. The van der Waals surface area contributed by atoms with E-state index in [1.165, 1.54) is 18.2 Å². The largest absolute Gasteiger partial charge is 0.385 e. The normalized spacial score (nSPS) is 10.4. The number of pyridine rings is 1. The minimum atomic E-state index is -0.242. The summed E-state index contributed by atoms with van der Waals surface area (Å²) in [5.41, 5.74) is 7.27. The van der Waals surface area contributed by atoms with Crippen LogP contribution in [0.15, 0.2) is 41.2 Å². The summed E-state index contributed by atoms with van der Waals surface area (Å²) in [6.45, 7) is 0. The van der Waals surface area contributed by atoms with Crippen molar-refractivity contribution >= 4 is 5.82 Å². The van der Waals surface area contributed by atoms with E-state index in [2.05, 4.69) is 4.98 Å². The van der Waals surface area contributed by atoms with Crippen molar-refractivity contribution in [2.24, 2.45) is 0 Å². The number of nitrogens with one attached hydrogen (secondary N) is 1. The Labute approximate surface area is 98.1 Å². The van der Waals surface area contributed by atoms with E-state index < -0.39 is 0 Å². The molecular weight excluding hydrogens is 219 g/mol. The van der Waals surface area contributed by atoms with Crippen molar-refractivity contribution in [1.29, 1.82) is 0 Å².